The highest BCUT2D eigenvalue weighted by molar-refractivity contribution is 9.11. The van der Waals surface area contributed by atoms with Crippen molar-refractivity contribution in [1.29, 1.82) is 0 Å². The van der Waals surface area contributed by atoms with E-state index in [1.165, 1.54) is 6.20 Å². The van der Waals surface area contributed by atoms with Crippen LogP contribution in [0.1, 0.15) is 0 Å². The minimum atomic E-state index is -0.518. The predicted octanol–water partition coefficient (Wildman–Crippen LogP) is 1.81. The Kier molecular flexibility index (Phi) is 1.77. The van der Waals surface area contributed by atoms with Crippen molar-refractivity contribution < 1.29 is 4.92 Å². The summed E-state index contributed by atoms with van der Waals surface area (Å²) in [5.74, 6) is 0. The topological polar surface area (TPSA) is 56.0 Å². The van der Waals surface area contributed by atoms with E-state index >= 15 is 0 Å². The van der Waals surface area contributed by atoms with Gasteiger partial charge < -0.3 is 10.1 Å². The SMILES string of the molecule is O=[N+]([O-])c1ncc(Br)s1. The molecule has 6 heteroatoms. The summed E-state index contributed by atoms with van der Waals surface area (Å²) in [5, 5.41) is 9.87. The molecule has 0 fully saturated rings. The molecule has 0 saturated carbocycles. The number of hydrogen-bond donors (Lipinski definition) is 0. The summed E-state index contributed by atoms with van der Waals surface area (Å²) < 4.78 is 0.675. The second-order valence-electron chi connectivity index (χ2n) is 1.20. The van der Waals surface area contributed by atoms with E-state index in [1.807, 2.05) is 0 Å². The number of thiazole rings is 1. The van der Waals surface area contributed by atoms with Gasteiger partial charge in [0.2, 0.25) is 0 Å². The molecule has 4 nitrogen and oxygen atoms in total. The van der Waals surface area contributed by atoms with Crippen molar-refractivity contribution in [3.8, 4) is 0 Å². The van der Waals surface area contributed by atoms with Crippen LogP contribution >= 0.6 is 27.3 Å². The fourth-order valence-electron chi connectivity index (χ4n) is 0.330. The van der Waals surface area contributed by atoms with Crippen LogP contribution in [0.4, 0.5) is 5.13 Å². The van der Waals surface area contributed by atoms with Gasteiger partial charge in [-0.2, -0.15) is 0 Å². The molecule has 0 saturated heterocycles. The fraction of sp³-hybridized carbons (Fsp3) is 0. The molecule has 0 atom stereocenters. The van der Waals surface area contributed by atoms with Crippen LogP contribution in [0.15, 0.2) is 9.98 Å². The normalized spacial score (nSPS) is 9.44. The Morgan fingerprint density at radius 2 is 2.56 bits per heavy atom. The van der Waals surface area contributed by atoms with Gasteiger partial charge in [-0.05, 0) is 37.2 Å². The lowest BCUT2D eigenvalue weighted by molar-refractivity contribution is -0.384. The van der Waals surface area contributed by atoms with Crippen LogP contribution in [0, 0.1) is 10.1 Å². The number of hydrogen-bond acceptors (Lipinski definition) is 4. The van der Waals surface area contributed by atoms with Gasteiger partial charge in [0.25, 0.3) is 0 Å². The van der Waals surface area contributed by atoms with Gasteiger partial charge in [0.15, 0.2) is 6.20 Å². The van der Waals surface area contributed by atoms with Crippen LogP contribution in [0.3, 0.4) is 0 Å². The largest absolute Gasteiger partial charge is 0.424 e. The Morgan fingerprint density at radius 3 is 2.78 bits per heavy atom. The van der Waals surface area contributed by atoms with Crippen molar-refractivity contribution in [3.05, 3.63) is 20.1 Å². The smallest absolute Gasteiger partial charge is 0.357 e. The fourth-order valence-corrected chi connectivity index (χ4v) is 1.33. The van der Waals surface area contributed by atoms with Gasteiger partial charge in [-0.25, -0.2) is 0 Å². The Balaban J connectivity index is 2.98. The molecule has 0 N–H and O–H groups in total. The minimum absolute atomic E-state index is 0.0816. The van der Waals surface area contributed by atoms with Crippen LogP contribution < -0.4 is 0 Å². The highest BCUT2D eigenvalue weighted by Crippen LogP contribution is 2.24. The lowest BCUT2D eigenvalue weighted by Crippen LogP contribution is -1.83. The van der Waals surface area contributed by atoms with Crippen molar-refractivity contribution in [1.82, 2.24) is 4.98 Å². The van der Waals surface area contributed by atoms with Crippen molar-refractivity contribution in [2.75, 3.05) is 0 Å². The van der Waals surface area contributed by atoms with Crippen molar-refractivity contribution in [2.24, 2.45) is 0 Å². The molecule has 0 aliphatic heterocycles. The molecular weight excluding hydrogens is 208 g/mol. The lowest BCUT2D eigenvalue weighted by atomic mass is 11.0. The second-order valence-corrected chi connectivity index (χ2v) is 3.59. The number of aromatic nitrogens is 1. The predicted molar refractivity (Wildman–Crippen MR) is 36.5 cm³/mol. The number of rotatable bonds is 1. The quantitative estimate of drug-likeness (QED) is 0.523. The Morgan fingerprint density at radius 1 is 1.89 bits per heavy atom. The molecule has 0 unspecified atom stereocenters. The van der Waals surface area contributed by atoms with E-state index in [0.717, 1.165) is 11.3 Å². The third-order valence-electron chi connectivity index (χ3n) is 0.621. The van der Waals surface area contributed by atoms with Gasteiger partial charge in [-0.3, -0.25) is 0 Å². The summed E-state index contributed by atoms with van der Waals surface area (Å²) in [6.45, 7) is 0. The average Bonchev–Trinajstić information content (AvgIpc) is 2.14. The monoisotopic (exact) mass is 208 g/mol. The number of nitrogens with zero attached hydrogens (tertiary/aromatic N) is 2. The first-order valence-electron chi connectivity index (χ1n) is 1.96. The molecule has 0 bridgehead atoms. The van der Waals surface area contributed by atoms with Crippen LogP contribution in [0.2, 0.25) is 0 Å². The Hall–Kier alpha value is -0.490. The van der Waals surface area contributed by atoms with Gasteiger partial charge in [0, 0.05) is 0 Å². The first-order chi connectivity index (χ1) is 4.20. The van der Waals surface area contributed by atoms with E-state index in [2.05, 4.69) is 20.9 Å². The third kappa shape index (κ3) is 1.46. The first kappa shape index (κ1) is 6.63. The van der Waals surface area contributed by atoms with Gasteiger partial charge in [0.05, 0.1) is 0 Å². The molecule has 1 rings (SSSR count). The molecular formula is C3HBrN2O2S. The second kappa shape index (κ2) is 2.40. The summed E-state index contributed by atoms with van der Waals surface area (Å²) in [4.78, 5) is 12.9. The highest BCUT2D eigenvalue weighted by atomic mass is 79.9. The van der Waals surface area contributed by atoms with Gasteiger partial charge in [-0.15, -0.1) is 0 Å². The average molecular weight is 209 g/mol. The van der Waals surface area contributed by atoms with Crippen molar-refractivity contribution >= 4 is 32.4 Å². The molecule has 0 aliphatic rings. The Bertz CT molecular complexity index is 235. The van der Waals surface area contributed by atoms with E-state index in [1.54, 1.807) is 0 Å². The van der Waals surface area contributed by atoms with Crippen molar-refractivity contribution in [3.63, 3.8) is 0 Å². The molecule has 1 heterocycles. The minimum Gasteiger partial charge on any atom is -0.357 e. The van der Waals surface area contributed by atoms with E-state index in [4.69, 9.17) is 0 Å². The number of nitro groups is 1. The molecule has 0 radical (unpaired) electrons. The number of halogens is 1. The molecule has 48 valence electrons. The summed E-state index contributed by atoms with van der Waals surface area (Å²) in [6, 6.07) is 0. The van der Waals surface area contributed by atoms with Crippen LogP contribution in [0.25, 0.3) is 0 Å². The highest BCUT2D eigenvalue weighted by Gasteiger charge is 2.09. The van der Waals surface area contributed by atoms with Crippen LogP contribution in [-0.2, 0) is 0 Å². The molecule has 9 heavy (non-hydrogen) atoms. The van der Waals surface area contributed by atoms with E-state index < -0.39 is 4.92 Å². The molecule has 0 aliphatic carbocycles. The van der Waals surface area contributed by atoms with Crippen LogP contribution in [0.5, 0.6) is 0 Å². The Labute approximate surface area is 62.8 Å². The zero-order valence-corrected chi connectivity index (χ0v) is 6.48. The lowest BCUT2D eigenvalue weighted by Gasteiger charge is -1.80. The van der Waals surface area contributed by atoms with Gasteiger partial charge in [0.1, 0.15) is 3.79 Å². The van der Waals surface area contributed by atoms with Gasteiger partial charge >= 0.3 is 5.13 Å². The molecule has 0 amide bonds. The maximum atomic E-state index is 9.95. The van der Waals surface area contributed by atoms with Crippen LogP contribution in [-0.4, -0.2) is 9.91 Å². The van der Waals surface area contributed by atoms with E-state index in [-0.39, 0.29) is 5.13 Å². The third-order valence-corrected chi connectivity index (χ3v) is 2.05. The maximum Gasteiger partial charge on any atom is 0.424 e. The summed E-state index contributed by atoms with van der Waals surface area (Å²) in [5.41, 5.74) is 0. The zero-order valence-electron chi connectivity index (χ0n) is 4.07. The molecule has 0 spiro atoms. The van der Waals surface area contributed by atoms with Gasteiger partial charge in [-0.1, -0.05) is 0 Å². The maximum absolute atomic E-state index is 9.95. The van der Waals surface area contributed by atoms with E-state index in [0.29, 0.717) is 3.79 Å². The summed E-state index contributed by atoms with van der Waals surface area (Å²) in [7, 11) is 0. The summed E-state index contributed by atoms with van der Waals surface area (Å²) >= 11 is 4.05. The summed E-state index contributed by atoms with van der Waals surface area (Å²) in [6.07, 6.45) is 1.41. The van der Waals surface area contributed by atoms with Crippen molar-refractivity contribution in [2.45, 2.75) is 0 Å². The van der Waals surface area contributed by atoms with E-state index in [9.17, 15) is 10.1 Å². The molecule has 0 aromatic carbocycles. The molecule has 1 aromatic heterocycles. The standard InChI is InChI=1S/C3HBrN2O2S/c4-2-1-5-3(9-2)6(7)8/h1H. The zero-order chi connectivity index (χ0) is 6.85. The molecule has 1 aromatic rings. The first-order valence-corrected chi connectivity index (χ1v) is 3.57.